The van der Waals surface area contributed by atoms with E-state index >= 15 is 0 Å². The third-order valence-electron chi connectivity index (χ3n) is 7.14. The highest BCUT2D eigenvalue weighted by molar-refractivity contribution is 7.79. The van der Waals surface area contributed by atoms with Gasteiger partial charge in [-0.1, -0.05) is 99.6 Å². The van der Waals surface area contributed by atoms with Gasteiger partial charge in [-0.05, 0) is 41.4 Å². The molecule has 3 aromatic carbocycles. The van der Waals surface area contributed by atoms with E-state index in [4.69, 9.17) is 40.3 Å². The minimum Gasteiger partial charge on any atom is -0.447 e. The van der Waals surface area contributed by atoms with Crippen LogP contribution < -0.4 is 15.1 Å². The third kappa shape index (κ3) is 5.82. The first-order chi connectivity index (χ1) is 18.6. The molecule has 3 aromatic rings. The molecule has 2 heterocycles. The van der Waals surface area contributed by atoms with Crippen molar-refractivity contribution in [3.8, 4) is 5.75 Å². The molecular formula is C31H36O6SSi. The molecule has 0 radical (unpaired) electrons. The largest absolute Gasteiger partial charge is 0.447 e. The summed E-state index contributed by atoms with van der Waals surface area (Å²) in [6, 6.07) is 30.3. The van der Waals surface area contributed by atoms with Gasteiger partial charge in [-0.3, -0.25) is 0 Å². The molecule has 0 saturated carbocycles. The van der Waals surface area contributed by atoms with Gasteiger partial charge in [0, 0.05) is 12.2 Å². The summed E-state index contributed by atoms with van der Waals surface area (Å²) in [6.45, 7) is 10.7. The summed E-state index contributed by atoms with van der Waals surface area (Å²) in [4.78, 5) is 0. The molecule has 5 rings (SSSR count). The van der Waals surface area contributed by atoms with E-state index in [0.717, 1.165) is 0 Å². The zero-order chi connectivity index (χ0) is 27.7. The highest BCUT2D eigenvalue weighted by Gasteiger charge is 2.58. The zero-order valence-electron chi connectivity index (χ0n) is 23.0. The van der Waals surface area contributed by atoms with E-state index in [1.165, 1.54) is 10.4 Å². The van der Waals surface area contributed by atoms with Gasteiger partial charge in [0.15, 0.2) is 24.3 Å². The highest BCUT2D eigenvalue weighted by Crippen LogP contribution is 2.41. The van der Waals surface area contributed by atoms with Crippen LogP contribution in [0.5, 0.6) is 5.75 Å². The molecule has 4 atom stereocenters. The molecule has 0 amide bonds. The van der Waals surface area contributed by atoms with Gasteiger partial charge in [0.2, 0.25) is 0 Å². The van der Waals surface area contributed by atoms with E-state index in [-0.39, 0.29) is 16.9 Å². The summed E-state index contributed by atoms with van der Waals surface area (Å²) in [5.74, 6) is -0.204. The molecule has 0 bridgehead atoms. The van der Waals surface area contributed by atoms with E-state index in [0.29, 0.717) is 5.75 Å². The number of benzene rings is 3. The molecule has 6 nitrogen and oxygen atoms in total. The smallest absolute Gasteiger partial charge is 0.358 e. The van der Waals surface area contributed by atoms with Crippen molar-refractivity contribution in [1.29, 1.82) is 0 Å². The maximum Gasteiger partial charge on any atom is 0.358 e. The topological polar surface area (TPSA) is 55.4 Å². The lowest BCUT2D eigenvalue weighted by atomic mass is 10.1. The SMILES string of the molecule is CC1(C)O[C@H]2O[C@@H](CO[Si](c3ccccc3)(c3ccccc3)C(C)(C)C)[C@H](OC(=S)Oc3ccccc3)[C@H]2O1. The zero-order valence-corrected chi connectivity index (χ0v) is 24.9. The molecule has 2 fully saturated rings. The van der Waals surface area contributed by atoms with E-state index in [1.807, 2.05) is 56.3 Å². The first-order valence-corrected chi connectivity index (χ1v) is 15.6. The number of ether oxygens (including phenoxy) is 5. The predicted molar refractivity (Wildman–Crippen MR) is 157 cm³/mol. The summed E-state index contributed by atoms with van der Waals surface area (Å²) >= 11 is 5.48. The molecular weight excluding hydrogens is 528 g/mol. The van der Waals surface area contributed by atoms with Crippen molar-refractivity contribution in [3.05, 3.63) is 91.0 Å². The molecule has 206 valence electrons. The number of fused-ring (bicyclic) bond motifs is 1. The quantitative estimate of drug-likeness (QED) is 0.289. The molecule has 0 aromatic heterocycles. The Morgan fingerprint density at radius 2 is 1.38 bits per heavy atom. The van der Waals surface area contributed by atoms with Crippen LogP contribution in [0.15, 0.2) is 91.0 Å². The van der Waals surface area contributed by atoms with Crippen LogP contribution in [0, 0.1) is 0 Å². The summed E-state index contributed by atoms with van der Waals surface area (Å²) < 4.78 is 37.8. The van der Waals surface area contributed by atoms with Crippen molar-refractivity contribution in [2.45, 2.75) is 70.0 Å². The van der Waals surface area contributed by atoms with E-state index in [1.54, 1.807) is 0 Å². The Balaban J connectivity index is 1.44. The first-order valence-electron chi connectivity index (χ1n) is 13.3. The molecule has 0 aliphatic carbocycles. The molecule has 0 unspecified atom stereocenters. The van der Waals surface area contributed by atoms with Crippen molar-refractivity contribution in [1.82, 2.24) is 0 Å². The van der Waals surface area contributed by atoms with E-state index in [9.17, 15) is 0 Å². The van der Waals surface area contributed by atoms with Gasteiger partial charge >= 0.3 is 5.24 Å². The lowest BCUT2D eigenvalue weighted by molar-refractivity contribution is -0.217. The minimum atomic E-state index is -2.79. The van der Waals surface area contributed by atoms with E-state index < -0.39 is 38.7 Å². The fourth-order valence-corrected chi connectivity index (χ4v) is 10.3. The number of rotatable bonds is 7. The lowest BCUT2D eigenvalue weighted by Crippen LogP contribution is -2.67. The number of hydrogen-bond acceptors (Lipinski definition) is 7. The third-order valence-corrected chi connectivity index (χ3v) is 12.3. The average Bonchev–Trinajstić information content (AvgIpc) is 3.37. The van der Waals surface area contributed by atoms with Gasteiger partial charge in [0.05, 0.1) is 6.61 Å². The maximum absolute atomic E-state index is 7.14. The van der Waals surface area contributed by atoms with Gasteiger partial charge in [0.25, 0.3) is 8.32 Å². The van der Waals surface area contributed by atoms with Crippen LogP contribution in [-0.2, 0) is 23.4 Å². The van der Waals surface area contributed by atoms with Gasteiger partial charge in [-0.2, -0.15) is 0 Å². The van der Waals surface area contributed by atoms with Crippen molar-refractivity contribution in [2.75, 3.05) is 6.61 Å². The number of thiocarbonyl (C=S) groups is 1. The Morgan fingerprint density at radius 3 is 1.92 bits per heavy atom. The standard InChI is InChI=1S/C31H36O6SSi/c1-30(2,3)39(23-17-11-7-12-18-23,24-19-13-8-14-20-24)32-21-25-26(27-28(34-25)37-31(4,5)36-27)35-29(38)33-22-15-9-6-10-16-22/h6-20,25-28H,21H2,1-5H3/t25-,26-,27+,28+/m0/s1. The minimum absolute atomic E-state index is 0.000737. The monoisotopic (exact) mass is 564 g/mol. The maximum atomic E-state index is 7.14. The second-order valence-corrected chi connectivity index (χ2v) is 16.0. The van der Waals surface area contributed by atoms with Gasteiger partial charge in [-0.25, -0.2) is 0 Å². The molecule has 2 aliphatic rings. The Bertz CT molecular complexity index is 1210. The van der Waals surface area contributed by atoms with Crippen LogP contribution in [0.4, 0.5) is 0 Å². The Hall–Kier alpha value is -2.59. The van der Waals surface area contributed by atoms with Crippen molar-refractivity contribution >= 4 is 36.1 Å². The molecule has 2 aliphatic heterocycles. The Kier molecular flexibility index (Phi) is 7.97. The molecule has 39 heavy (non-hydrogen) atoms. The van der Waals surface area contributed by atoms with Crippen LogP contribution in [0.25, 0.3) is 0 Å². The Labute approximate surface area is 237 Å². The molecule has 0 spiro atoms. The summed E-state index contributed by atoms with van der Waals surface area (Å²) in [5, 5.41) is 2.20. The molecule has 0 N–H and O–H groups in total. The predicted octanol–water partition coefficient (Wildman–Crippen LogP) is 5.19. The van der Waals surface area contributed by atoms with Crippen LogP contribution in [0.1, 0.15) is 34.6 Å². The second kappa shape index (κ2) is 11.1. The lowest BCUT2D eigenvalue weighted by Gasteiger charge is -2.43. The Morgan fingerprint density at radius 1 is 0.846 bits per heavy atom. The summed E-state index contributed by atoms with van der Waals surface area (Å²) in [7, 11) is -2.79. The van der Waals surface area contributed by atoms with Crippen molar-refractivity contribution in [3.63, 3.8) is 0 Å². The first kappa shape index (κ1) is 28.0. The van der Waals surface area contributed by atoms with Gasteiger partial charge in [0.1, 0.15) is 11.9 Å². The fraction of sp³-hybridized carbons (Fsp3) is 0.387. The van der Waals surface area contributed by atoms with E-state index in [2.05, 4.69) is 69.3 Å². The average molecular weight is 565 g/mol. The summed E-state index contributed by atoms with van der Waals surface area (Å²) in [6.07, 6.45) is -2.15. The van der Waals surface area contributed by atoms with Crippen LogP contribution in [0.2, 0.25) is 5.04 Å². The summed E-state index contributed by atoms with van der Waals surface area (Å²) in [5.41, 5.74) is 0. The fourth-order valence-electron chi connectivity index (χ4n) is 5.51. The molecule has 2 saturated heterocycles. The van der Waals surface area contributed by atoms with Crippen molar-refractivity contribution < 1.29 is 28.1 Å². The molecule has 8 heteroatoms. The van der Waals surface area contributed by atoms with Gasteiger partial charge < -0.3 is 28.1 Å². The van der Waals surface area contributed by atoms with Crippen molar-refractivity contribution in [2.24, 2.45) is 0 Å². The van der Waals surface area contributed by atoms with Crippen LogP contribution in [-0.4, -0.2) is 50.6 Å². The second-order valence-electron chi connectivity index (χ2n) is 11.4. The normalized spacial score (nSPS) is 24.2. The van der Waals surface area contributed by atoms with Crippen LogP contribution >= 0.6 is 12.2 Å². The number of hydrogen-bond donors (Lipinski definition) is 0. The van der Waals surface area contributed by atoms with Gasteiger partial charge in [-0.15, -0.1) is 0 Å². The van der Waals surface area contributed by atoms with Crippen LogP contribution in [0.3, 0.4) is 0 Å². The number of para-hydroxylation sites is 1. The highest BCUT2D eigenvalue weighted by atomic mass is 32.1.